The molecular weight excluding hydrogens is 199 g/mol. The predicted molar refractivity (Wildman–Crippen MR) is 53.2 cm³/mol. The lowest BCUT2D eigenvalue weighted by atomic mass is 10.1. The van der Waals surface area contributed by atoms with Crippen LogP contribution in [0.5, 0.6) is 0 Å². The highest BCUT2D eigenvalue weighted by molar-refractivity contribution is 6.07. The van der Waals surface area contributed by atoms with Gasteiger partial charge in [-0.15, -0.1) is 0 Å². The molecule has 0 saturated carbocycles. The van der Waals surface area contributed by atoms with Crippen molar-refractivity contribution in [1.29, 1.82) is 0 Å². The number of allylic oxidation sites excluding steroid dienone is 1. The Morgan fingerprint density at radius 2 is 1.93 bits per heavy atom. The quantitative estimate of drug-likeness (QED) is 0.575. The molecule has 3 N–H and O–H groups in total. The van der Waals surface area contributed by atoms with Crippen molar-refractivity contribution in [3.05, 3.63) is 41.8 Å². The number of amides is 2. The van der Waals surface area contributed by atoms with Gasteiger partial charge in [-0.25, -0.2) is 9.18 Å². The Morgan fingerprint density at radius 1 is 1.33 bits per heavy atom. The standard InChI is InChI=1S/C10H9FN2O2/c11-9-3-1-7(2-4-9)8(6-14)5-13-10(12)15/h1-6H,(H3,12,13,15)/b8-5+. The van der Waals surface area contributed by atoms with Crippen molar-refractivity contribution in [1.82, 2.24) is 5.32 Å². The lowest BCUT2D eigenvalue weighted by Gasteiger charge is -2.00. The molecule has 0 radical (unpaired) electrons. The maximum Gasteiger partial charge on any atom is 0.316 e. The van der Waals surface area contributed by atoms with Gasteiger partial charge in [0.05, 0.1) is 0 Å². The number of benzene rings is 1. The van der Waals surface area contributed by atoms with Crippen molar-refractivity contribution in [2.75, 3.05) is 0 Å². The topological polar surface area (TPSA) is 72.2 Å². The fourth-order valence-electron chi connectivity index (χ4n) is 0.977. The van der Waals surface area contributed by atoms with Gasteiger partial charge in [0, 0.05) is 11.8 Å². The van der Waals surface area contributed by atoms with Crippen LogP contribution in [0.15, 0.2) is 30.5 Å². The SMILES string of the molecule is NC(=O)N/C=C(\C=O)c1ccc(F)cc1. The highest BCUT2D eigenvalue weighted by atomic mass is 19.1. The number of carbonyl (C=O) groups excluding carboxylic acids is 2. The molecule has 0 aliphatic rings. The van der Waals surface area contributed by atoms with Crippen LogP contribution in [0.3, 0.4) is 0 Å². The number of halogens is 1. The van der Waals surface area contributed by atoms with Crippen LogP contribution in [0.4, 0.5) is 9.18 Å². The number of nitrogens with two attached hydrogens (primary N) is 1. The molecule has 0 aliphatic heterocycles. The van der Waals surface area contributed by atoms with E-state index in [1.54, 1.807) is 0 Å². The van der Waals surface area contributed by atoms with E-state index in [0.717, 1.165) is 0 Å². The van der Waals surface area contributed by atoms with Crippen LogP contribution in [-0.4, -0.2) is 12.3 Å². The van der Waals surface area contributed by atoms with Crippen LogP contribution in [0, 0.1) is 5.82 Å². The molecule has 0 aromatic heterocycles. The smallest absolute Gasteiger partial charge is 0.316 e. The Hall–Kier alpha value is -2.17. The van der Waals surface area contributed by atoms with Crippen molar-refractivity contribution in [2.45, 2.75) is 0 Å². The minimum absolute atomic E-state index is 0.216. The molecule has 0 fully saturated rings. The number of hydrogen-bond acceptors (Lipinski definition) is 2. The number of nitrogens with one attached hydrogen (secondary N) is 1. The van der Waals surface area contributed by atoms with Gasteiger partial charge < -0.3 is 11.1 Å². The summed E-state index contributed by atoms with van der Waals surface area (Å²) in [4.78, 5) is 21.0. The monoisotopic (exact) mass is 208 g/mol. The zero-order chi connectivity index (χ0) is 11.3. The molecule has 0 spiro atoms. The van der Waals surface area contributed by atoms with E-state index in [2.05, 4.69) is 5.32 Å². The average molecular weight is 208 g/mol. The first kappa shape index (κ1) is 10.9. The van der Waals surface area contributed by atoms with E-state index in [9.17, 15) is 14.0 Å². The van der Waals surface area contributed by atoms with E-state index in [-0.39, 0.29) is 5.57 Å². The molecule has 0 atom stereocenters. The third-order valence-electron chi connectivity index (χ3n) is 1.67. The maximum atomic E-state index is 12.6. The molecule has 5 heteroatoms. The van der Waals surface area contributed by atoms with Crippen LogP contribution >= 0.6 is 0 Å². The third-order valence-corrected chi connectivity index (χ3v) is 1.67. The first-order chi connectivity index (χ1) is 7.13. The van der Waals surface area contributed by atoms with Crippen LogP contribution in [0.1, 0.15) is 5.56 Å². The summed E-state index contributed by atoms with van der Waals surface area (Å²) in [7, 11) is 0. The number of primary amides is 1. The molecule has 78 valence electrons. The van der Waals surface area contributed by atoms with E-state index >= 15 is 0 Å². The molecule has 0 saturated heterocycles. The lowest BCUT2D eigenvalue weighted by molar-refractivity contribution is -0.103. The van der Waals surface area contributed by atoms with Gasteiger partial charge in [-0.3, -0.25) is 4.79 Å². The van der Waals surface area contributed by atoms with Gasteiger partial charge in [0.15, 0.2) is 6.29 Å². The Bertz CT molecular complexity index is 398. The molecule has 15 heavy (non-hydrogen) atoms. The highest BCUT2D eigenvalue weighted by Gasteiger charge is 2.00. The Morgan fingerprint density at radius 3 is 2.40 bits per heavy atom. The second-order valence-corrected chi connectivity index (χ2v) is 2.73. The highest BCUT2D eigenvalue weighted by Crippen LogP contribution is 2.11. The zero-order valence-corrected chi connectivity index (χ0v) is 7.74. The van der Waals surface area contributed by atoms with Gasteiger partial charge in [-0.2, -0.15) is 0 Å². The minimum Gasteiger partial charge on any atom is -0.351 e. The molecule has 0 unspecified atom stereocenters. The number of carbonyl (C=O) groups is 2. The first-order valence-corrected chi connectivity index (χ1v) is 4.10. The molecule has 4 nitrogen and oxygen atoms in total. The van der Waals surface area contributed by atoms with Gasteiger partial charge in [0.1, 0.15) is 5.82 Å². The molecule has 1 aromatic rings. The summed E-state index contributed by atoms with van der Waals surface area (Å²) in [5, 5.41) is 2.16. The molecule has 0 aliphatic carbocycles. The van der Waals surface area contributed by atoms with Crippen LogP contribution in [0.25, 0.3) is 5.57 Å². The Labute approximate surface area is 85.6 Å². The van der Waals surface area contributed by atoms with E-state index in [1.165, 1.54) is 30.5 Å². The predicted octanol–water partition coefficient (Wildman–Crippen LogP) is 1.03. The van der Waals surface area contributed by atoms with Crippen LogP contribution in [-0.2, 0) is 4.79 Å². The third kappa shape index (κ3) is 3.22. The summed E-state index contributed by atoms with van der Waals surface area (Å²) in [5.41, 5.74) is 5.54. The molecule has 0 bridgehead atoms. The fourth-order valence-corrected chi connectivity index (χ4v) is 0.977. The maximum absolute atomic E-state index is 12.6. The Balaban J connectivity index is 2.92. The van der Waals surface area contributed by atoms with Gasteiger partial charge in [-0.05, 0) is 17.7 Å². The number of urea groups is 1. The van der Waals surface area contributed by atoms with Gasteiger partial charge in [-0.1, -0.05) is 12.1 Å². The van der Waals surface area contributed by atoms with Gasteiger partial charge in [0.25, 0.3) is 0 Å². The van der Waals surface area contributed by atoms with Crippen molar-refractivity contribution in [3.63, 3.8) is 0 Å². The summed E-state index contributed by atoms with van der Waals surface area (Å²) in [6, 6.07) is 4.53. The van der Waals surface area contributed by atoms with Crippen molar-refractivity contribution in [3.8, 4) is 0 Å². The largest absolute Gasteiger partial charge is 0.351 e. The zero-order valence-electron chi connectivity index (χ0n) is 7.74. The van der Waals surface area contributed by atoms with Gasteiger partial charge in [0.2, 0.25) is 0 Å². The summed E-state index contributed by atoms with van der Waals surface area (Å²) in [5.74, 6) is -0.396. The second-order valence-electron chi connectivity index (χ2n) is 2.73. The normalized spacial score (nSPS) is 10.9. The average Bonchev–Trinajstić information content (AvgIpc) is 2.21. The first-order valence-electron chi connectivity index (χ1n) is 4.10. The van der Waals surface area contributed by atoms with Gasteiger partial charge >= 0.3 is 6.03 Å². The Kier molecular flexibility index (Phi) is 3.56. The molecule has 1 aromatic carbocycles. The summed E-state index contributed by atoms with van der Waals surface area (Å²) < 4.78 is 12.6. The molecular formula is C10H9FN2O2. The summed E-state index contributed by atoms with van der Waals surface area (Å²) >= 11 is 0. The number of hydrogen-bond donors (Lipinski definition) is 2. The fraction of sp³-hybridized carbons (Fsp3) is 0. The van der Waals surface area contributed by atoms with E-state index in [1.807, 2.05) is 0 Å². The summed E-state index contributed by atoms with van der Waals surface area (Å²) in [6.45, 7) is 0. The number of rotatable bonds is 3. The van der Waals surface area contributed by atoms with E-state index in [0.29, 0.717) is 11.8 Å². The molecule has 1 rings (SSSR count). The van der Waals surface area contributed by atoms with E-state index < -0.39 is 11.8 Å². The van der Waals surface area contributed by atoms with Crippen LogP contribution in [0.2, 0.25) is 0 Å². The minimum atomic E-state index is -0.767. The molecule has 0 heterocycles. The lowest BCUT2D eigenvalue weighted by Crippen LogP contribution is -2.24. The second kappa shape index (κ2) is 4.90. The van der Waals surface area contributed by atoms with Crippen molar-refractivity contribution < 1.29 is 14.0 Å². The number of aldehydes is 1. The van der Waals surface area contributed by atoms with Crippen LogP contribution < -0.4 is 11.1 Å². The van der Waals surface area contributed by atoms with E-state index in [4.69, 9.17) is 5.73 Å². The van der Waals surface area contributed by atoms with Crippen molar-refractivity contribution in [2.24, 2.45) is 5.73 Å². The van der Waals surface area contributed by atoms with Crippen molar-refractivity contribution >= 4 is 17.9 Å². The molecule has 2 amide bonds. The summed E-state index contributed by atoms with van der Waals surface area (Å²) in [6.07, 6.45) is 1.71.